The minimum absolute atomic E-state index is 0.148. The summed E-state index contributed by atoms with van der Waals surface area (Å²) in [7, 11) is -3.20. The van der Waals surface area contributed by atoms with Crippen LogP contribution in [0.5, 0.6) is 5.75 Å². The van der Waals surface area contributed by atoms with Crippen molar-refractivity contribution in [2.75, 3.05) is 11.5 Å². The second-order valence-corrected chi connectivity index (χ2v) is 7.48. The van der Waals surface area contributed by atoms with Gasteiger partial charge in [0.15, 0.2) is 9.84 Å². The number of hydrogen-bond donors (Lipinski definition) is 2. The van der Waals surface area contributed by atoms with Crippen LogP contribution in [0, 0.1) is 0 Å². The molecule has 2 rings (SSSR count). The van der Waals surface area contributed by atoms with Crippen molar-refractivity contribution in [3.05, 3.63) is 24.0 Å². The summed E-state index contributed by atoms with van der Waals surface area (Å²) < 4.78 is 28.3. The Balaban J connectivity index is 1.94. The Hall–Kier alpha value is -1.18. The Morgan fingerprint density at radius 2 is 2.20 bits per heavy atom. The molecule has 1 saturated heterocycles. The van der Waals surface area contributed by atoms with Gasteiger partial charge in [0.25, 0.3) is 0 Å². The number of ether oxygens (including phenoxy) is 1. The van der Waals surface area contributed by atoms with Gasteiger partial charge in [0.2, 0.25) is 0 Å². The van der Waals surface area contributed by atoms with E-state index in [2.05, 4.69) is 24.1 Å². The topological polar surface area (TPSA) is 88.5 Å². The van der Waals surface area contributed by atoms with Gasteiger partial charge < -0.3 is 15.2 Å². The molecule has 7 heteroatoms. The molecular formula is C13H20N2O4S. The van der Waals surface area contributed by atoms with Gasteiger partial charge in [-0.25, -0.2) is 8.42 Å². The predicted octanol–water partition coefficient (Wildman–Crippen LogP) is 0.116. The molecule has 20 heavy (non-hydrogen) atoms. The molecule has 6 nitrogen and oxygen atoms in total. The Labute approximate surface area is 119 Å². The van der Waals surface area contributed by atoms with Crippen molar-refractivity contribution in [2.24, 2.45) is 0 Å². The SMILES string of the molecule is CC(C)NCc1ccc(OC2CS(=O)(=O)CC2O)cn1. The number of nitrogens with zero attached hydrogens (tertiary/aromatic N) is 1. The molecule has 0 bridgehead atoms. The maximum absolute atomic E-state index is 11.4. The van der Waals surface area contributed by atoms with Crippen LogP contribution in [0.3, 0.4) is 0 Å². The highest BCUT2D eigenvalue weighted by atomic mass is 32.2. The largest absolute Gasteiger partial charge is 0.485 e. The fourth-order valence-corrected chi connectivity index (χ4v) is 3.64. The first-order chi connectivity index (χ1) is 9.35. The highest BCUT2D eigenvalue weighted by molar-refractivity contribution is 7.91. The maximum atomic E-state index is 11.4. The maximum Gasteiger partial charge on any atom is 0.156 e. The standard InChI is InChI=1S/C13H20N2O4S/c1-9(2)14-5-10-3-4-11(6-15-10)19-13-8-20(17,18)7-12(13)16/h3-4,6,9,12-14,16H,5,7-8H2,1-2H3. The zero-order valence-corrected chi connectivity index (χ0v) is 12.4. The number of hydrogen-bond acceptors (Lipinski definition) is 6. The highest BCUT2D eigenvalue weighted by Crippen LogP contribution is 2.19. The lowest BCUT2D eigenvalue weighted by Gasteiger charge is -2.15. The monoisotopic (exact) mass is 300 g/mol. The van der Waals surface area contributed by atoms with Crippen molar-refractivity contribution in [3.8, 4) is 5.75 Å². The summed E-state index contributed by atoms with van der Waals surface area (Å²) in [4.78, 5) is 4.24. The van der Waals surface area contributed by atoms with E-state index < -0.39 is 22.0 Å². The number of aliphatic hydroxyl groups is 1. The Morgan fingerprint density at radius 1 is 1.45 bits per heavy atom. The zero-order valence-electron chi connectivity index (χ0n) is 11.6. The summed E-state index contributed by atoms with van der Waals surface area (Å²) in [5.41, 5.74) is 0.880. The Morgan fingerprint density at radius 3 is 2.70 bits per heavy atom. The molecule has 1 aromatic rings. The van der Waals surface area contributed by atoms with Gasteiger partial charge in [-0.1, -0.05) is 13.8 Å². The molecule has 0 aliphatic carbocycles. The van der Waals surface area contributed by atoms with E-state index in [1.165, 1.54) is 0 Å². The highest BCUT2D eigenvalue weighted by Gasteiger charge is 2.38. The van der Waals surface area contributed by atoms with Crippen LogP contribution in [0.15, 0.2) is 18.3 Å². The first-order valence-electron chi connectivity index (χ1n) is 6.59. The van der Waals surface area contributed by atoms with Crippen LogP contribution >= 0.6 is 0 Å². The summed E-state index contributed by atoms with van der Waals surface area (Å²) in [5.74, 6) is 0.0891. The average Bonchev–Trinajstić information content (AvgIpc) is 2.61. The molecule has 2 heterocycles. The van der Waals surface area contributed by atoms with Crippen molar-refractivity contribution in [1.82, 2.24) is 10.3 Å². The second kappa shape index (κ2) is 6.07. The van der Waals surface area contributed by atoms with Gasteiger partial charge in [-0.15, -0.1) is 0 Å². The number of nitrogens with one attached hydrogen (secondary N) is 1. The molecule has 2 N–H and O–H groups in total. The molecule has 0 radical (unpaired) electrons. The molecule has 0 amide bonds. The predicted molar refractivity (Wildman–Crippen MR) is 75.3 cm³/mol. The molecular weight excluding hydrogens is 280 g/mol. The lowest BCUT2D eigenvalue weighted by atomic mass is 10.2. The third kappa shape index (κ3) is 4.16. The Bertz CT molecular complexity index is 542. The molecule has 0 aromatic carbocycles. The van der Waals surface area contributed by atoms with Crippen LogP contribution in [-0.4, -0.2) is 48.3 Å². The third-order valence-electron chi connectivity index (χ3n) is 3.05. The van der Waals surface area contributed by atoms with Gasteiger partial charge in [-0.05, 0) is 12.1 Å². The van der Waals surface area contributed by atoms with E-state index in [9.17, 15) is 13.5 Å². The third-order valence-corrected chi connectivity index (χ3v) is 4.73. The minimum atomic E-state index is -3.20. The van der Waals surface area contributed by atoms with E-state index in [4.69, 9.17) is 4.74 Å². The van der Waals surface area contributed by atoms with Crippen LogP contribution in [-0.2, 0) is 16.4 Å². The fourth-order valence-electron chi connectivity index (χ4n) is 1.98. The summed E-state index contributed by atoms with van der Waals surface area (Å²) in [6.45, 7) is 4.77. The fraction of sp³-hybridized carbons (Fsp3) is 0.615. The van der Waals surface area contributed by atoms with Crippen molar-refractivity contribution >= 4 is 9.84 Å². The van der Waals surface area contributed by atoms with Crippen molar-refractivity contribution in [3.63, 3.8) is 0 Å². The number of pyridine rings is 1. The smallest absolute Gasteiger partial charge is 0.156 e. The lowest BCUT2D eigenvalue weighted by molar-refractivity contribution is 0.0735. The normalized spacial score (nSPS) is 25.0. The van der Waals surface area contributed by atoms with Crippen molar-refractivity contribution < 1.29 is 18.3 Å². The zero-order chi connectivity index (χ0) is 14.8. The second-order valence-electron chi connectivity index (χ2n) is 5.32. The van der Waals surface area contributed by atoms with E-state index >= 15 is 0 Å². The van der Waals surface area contributed by atoms with Crippen molar-refractivity contribution in [1.29, 1.82) is 0 Å². The molecule has 0 saturated carbocycles. The van der Waals surface area contributed by atoms with Crippen LogP contribution in [0.1, 0.15) is 19.5 Å². The van der Waals surface area contributed by atoms with Gasteiger partial charge in [0.1, 0.15) is 18.0 Å². The Kier molecular flexibility index (Phi) is 4.62. The van der Waals surface area contributed by atoms with Gasteiger partial charge in [0, 0.05) is 12.6 Å². The quantitative estimate of drug-likeness (QED) is 0.803. The van der Waals surface area contributed by atoms with E-state index in [-0.39, 0.29) is 11.5 Å². The minimum Gasteiger partial charge on any atom is -0.485 e. The van der Waals surface area contributed by atoms with E-state index in [0.29, 0.717) is 18.3 Å². The van der Waals surface area contributed by atoms with E-state index in [1.54, 1.807) is 12.3 Å². The van der Waals surface area contributed by atoms with Crippen LogP contribution < -0.4 is 10.1 Å². The van der Waals surface area contributed by atoms with Crippen LogP contribution in [0.25, 0.3) is 0 Å². The van der Waals surface area contributed by atoms with Gasteiger partial charge in [-0.2, -0.15) is 0 Å². The summed E-state index contributed by atoms with van der Waals surface area (Å²) >= 11 is 0. The molecule has 2 unspecified atom stereocenters. The van der Waals surface area contributed by atoms with Crippen molar-refractivity contribution in [2.45, 2.75) is 38.6 Å². The molecule has 2 atom stereocenters. The van der Waals surface area contributed by atoms with Crippen LogP contribution in [0.2, 0.25) is 0 Å². The van der Waals surface area contributed by atoms with Gasteiger partial charge in [-0.3, -0.25) is 4.98 Å². The summed E-state index contributed by atoms with van der Waals surface area (Å²) in [5, 5.41) is 12.9. The lowest BCUT2D eigenvalue weighted by Crippen LogP contribution is -2.29. The molecule has 1 aromatic heterocycles. The average molecular weight is 300 g/mol. The molecule has 1 fully saturated rings. The van der Waals surface area contributed by atoms with Gasteiger partial charge >= 0.3 is 0 Å². The van der Waals surface area contributed by atoms with Crippen LogP contribution in [0.4, 0.5) is 0 Å². The number of sulfone groups is 1. The number of aromatic nitrogens is 1. The number of rotatable bonds is 5. The molecule has 0 spiro atoms. The van der Waals surface area contributed by atoms with Gasteiger partial charge in [0.05, 0.1) is 23.4 Å². The molecule has 1 aliphatic rings. The van der Waals surface area contributed by atoms with E-state index in [0.717, 1.165) is 5.69 Å². The molecule has 112 valence electrons. The summed E-state index contributed by atoms with van der Waals surface area (Å²) in [6.07, 6.45) is -0.127. The first kappa shape index (κ1) is 15.2. The first-order valence-corrected chi connectivity index (χ1v) is 8.41. The molecule has 1 aliphatic heterocycles. The number of aliphatic hydroxyl groups excluding tert-OH is 1. The van der Waals surface area contributed by atoms with E-state index in [1.807, 2.05) is 6.07 Å². The summed E-state index contributed by atoms with van der Waals surface area (Å²) in [6, 6.07) is 3.94.